The molecule has 8 heteroatoms. The minimum Gasteiger partial charge on any atom is -0.442 e. The maximum absolute atomic E-state index is 9.14. The minimum absolute atomic E-state index is 0.00763. The monoisotopic (exact) mass is 282 g/mol. The number of aromatic nitrogens is 2. The summed E-state index contributed by atoms with van der Waals surface area (Å²) in [7, 11) is 0. The molecule has 0 bridgehead atoms. The first-order chi connectivity index (χ1) is 10.2. The zero-order valence-electron chi connectivity index (χ0n) is 10.7. The first-order valence-electron chi connectivity index (χ1n) is 5.92. The predicted octanol–water partition coefficient (Wildman–Crippen LogP) is 1.75. The summed E-state index contributed by atoms with van der Waals surface area (Å²) in [6.45, 7) is 0. The van der Waals surface area contributed by atoms with E-state index in [2.05, 4.69) is 15.4 Å². The van der Waals surface area contributed by atoms with Crippen LogP contribution in [0.2, 0.25) is 0 Å². The highest BCUT2D eigenvalue weighted by atomic mass is 16.5. The van der Waals surface area contributed by atoms with Gasteiger partial charge >= 0.3 is 0 Å². The Morgan fingerprint density at radius 2 is 2.10 bits per heavy atom. The lowest BCUT2D eigenvalue weighted by molar-refractivity contribution is 0.450. The molecule has 0 aliphatic rings. The number of rotatable bonds is 3. The summed E-state index contributed by atoms with van der Waals surface area (Å²) >= 11 is 0. The van der Waals surface area contributed by atoms with Crippen LogP contribution in [0.25, 0.3) is 11.0 Å². The van der Waals surface area contributed by atoms with E-state index in [0.717, 1.165) is 0 Å². The summed E-state index contributed by atoms with van der Waals surface area (Å²) in [5.74, 6) is 6.05. The third-order valence-electron chi connectivity index (χ3n) is 2.73. The van der Waals surface area contributed by atoms with Crippen molar-refractivity contribution < 1.29 is 9.15 Å². The van der Waals surface area contributed by atoms with E-state index in [1.165, 1.54) is 6.07 Å². The van der Waals surface area contributed by atoms with Gasteiger partial charge in [0.25, 0.3) is 0 Å². The Morgan fingerprint density at radius 3 is 2.86 bits per heavy atom. The summed E-state index contributed by atoms with van der Waals surface area (Å²) < 4.78 is 11.0. The number of hydrogen-bond acceptors (Lipinski definition) is 8. The molecule has 1 aromatic carbocycles. The second-order valence-electron chi connectivity index (χ2n) is 4.06. The maximum atomic E-state index is 9.14. The summed E-state index contributed by atoms with van der Waals surface area (Å²) in [4.78, 5) is 7.79. The van der Waals surface area contributed by atoms with Gasteiger partial charge in [-0.3, -0.25) is 0 Å². The number of nitrogens with two attached hydrogens (primary N) is 2. The zero-order chi connectivity index (χ0) is 14.8. The molecule has 8 nitrogen and oxygen atoms in total. The Labute approximate surface area is 118 Å². The number of benzene rings is 1. The number of hydrazine groups is 1. The van der Waals surface area contributed by atoms with Gasteiger partial charge in [-0.1, -0.05) is 12.1 Å². The third kappa shape index (κ3) is 2.29. The van der Waals surface area contributed by atoms with Crippen LogP contribution in [-0.4, -0.2) is 9.97 Å². The number of ether oxygens (including phenoxy) is 1. The van der Waals surface area contributed by atoms with Crippen LogP contribution in [-0.2, 0) is 0 Å². The second-order valence-corrected chi connectivity index (χ2v) is 4.06. The molecule has 0 saturated heterocycles. The van der Waals surface area contributed by atoms with Gasteiger partial charge in [-0.25, -0.2) is 5.84 Å². The Morgan fingerprint density at radius 1 is 1.29 bits per heavy atom. The van der Waals surface area contributed by atoms with Crippen LogP contribution in [0.1, 0.15) is 5.76 Å². The van der Waals surface area contributed by atoms with Crippen LogP contribution in [0.3, 0.4) is 0 Å². The maximum Gasteiger partial charge on any atom is 0.247 e. The van der Waals surface area contributed by atoms with Crippen LogP contribution in [0.5, 0.6) is 11.6 Å². The number of nitriles is 1. The minimum atomic E-state index is -0.00763. The Bertz CT molecular complexity index is 851. The second kappa shape index (κ2) is 4.99. The van der Waals surface area contributed by atoms with E-state index in [1.54, 1.807) is 18.2 Å². The van der Waals surface area contributed by atoms with Crippen LogP contribution in [0.15, 0.2) is 34.7 Å². The van der Waals surface area contributed by atoms with Crippen molar-refractivity contribution in [3.63, 3.8) is 0 Å². The van der Waals surface area contributed by atoms with Gasteiger partial charge in [0.05, 0.1) is 5.39 Å². The van der Waals surface area contributed by atoms with Crippen molar-refractivity contribution in [3.8, 4) is 17.7 Å². The first kappa shape index (κ1) is 12.7. The van der Waals surface area contributed by atoms with Crippen molar-refractivity contribution >= 4 is 22.7 Å². The highest BCUT2D eigenvalue weighted by Gasteiger charge is 2.17. The molecule has 3 aromatic rings. The smallest absolute Gasteiger partial charge is 0.247 e. The molecule has 0 aliphatic carbocycles. The highest BCUT2D eigenvalue weighted by molar-refractivity contribution is 5.86. The van der Waals surface area contributed by atoms with Crippen LogP contribution >= 0.6 is 0 Å². The molecule has 0 amide bonds. The molecule has 2 aromatic heterocycles. The van der Waals surface area contributed by atoms with Crippen molar-refractivity contribution in [1.82, 2.24) is 9.97 Å². The molecule has 104 valence electrons. The van der Waals surface area contributed by atoms with Crippen molar-refractivity contribution in [2.75, 3.05) is 11.2 Å². The average molecular weight is 282 g/mol. The standard InChI is InChI=1S/C13H10N6O2/c14-6-9-12(7-3-1-2-4-8(7)20-9)21-11-5-10(19-16)17-13(15)18-11/h1-5H,16H2,(H3,15,17,18,19). The van der Waals surface area contributed by atoms with Crippen LogP contribution in [0.4, 0.5) is 11.8 Å². The lowest BCUT2D eigenvalue weighted by atomic mass is 10.2. The van der Waals surface area contributed by atoms with Crippen LogP contribution in [0, 0.1) is 11.3 Å². The van der Waals surface area contributed by atoms with Crippen molar-refractivity contribution in [2.24, 2.45) is 5.84 Å². The largest absolute Gasteiger partial charge is 0.442 e. The molecule has 0 unspecified atom stereocenters. The highest BCUT2D eigenvalue weighted by Crippen LogP contribution is 2.35. The van der Waals surface area contributed by atoms with E-state index in [1.807, 2.05) is 12.1 Å². The van der Waals surface area contributed by atoms with Gasteiger partial charge in [0.15, 0.2) is 5.75 Å². The lowest BCUT2D eigenvalue weighted by Crippen LogP contribution is -2.10. The zero-order valence-corrected chi connectivity index (χ0v) is 10.7. The van der Waals surface area contributed by atoms with Gasteiger partial charge in [-0.15, -0.1) is 0 Å². The average Bonchev–Trinajstić information content (AvgIpc) is 2.85. The van der Waals surface area contributed by atoms with Gasteiger partial charge in [0, 0.05) is 6.07 Å². The third-order valence-corrected chi connectivity index (χ3v) is 2.73. The van der Waals surface area contributed by atoms with Gasteiger partial charge in [0.1, 0.15) is 17.5 Å². The molecule has 0 spiro atoms. The molecule has 0 radical (unpaired) electrons. The number of nitrogen functional groups attached to an aromatic ring is 2. The fourth-order valence-corrected chi connectivity index (χ4v) is 1.87. The number of fused-ring (bicyclic) bond motifs is 1. The molecule has 21 heavy (non-hydrogen) atoms. The first-order valence-corrected chi connectivity index (χ1v) is 5.92. The van der Waals surface area contributed by atoms with Crippen LogP contribution < -0.4 is 21.7 Å². The molecule has 3 rings (SSSR count). The van der Waals surface area contributed by atoms with E-state index in [9.17, 15) is 0 Å². The summed E-state index contributed by atoms with van der Waals surface area (Å²) in [6, 6.07) is 10.5. The summed E-state index contributed by atoms with van der Waals surface area (Å²) in [5, 5.41) is 9.80. The van der Waals surface area contributed by atoms with Gasteiger partial charge in [-0.2, -0.15) is 15.2 Å². The number of hydrogen-bond donors (Lipinski definition) is 3. The molecule has 0 atom stereocenters. The Hall–Kier alpha value is -3.31. The molecular formula is C13H10N6O2. The molecule has 0 fully saturated rings. The normalized spacial score (nSPS) is 10.3. The quantitative estimate of drug-likeness (QED) is 0.488. The molecule has 0 aliphatic heterocycles. The summed E-state index contributed by atoms with van der Waals surface area (Å²) in [6.07, 6.45) is 0. The van der Waals surface area contributed by atoms with E-state index >= 15 is 0 Å². The molecule has 0 saturated carbocycles. The number of furan rings is 1. The number of nitrogens with zero attached hydrogens (tertiary/aromatic N) is 3. The van der Waals surface area contributed by atoms with Gasteiger partial charge < -0.3 is 20.3 Å². The fourth-order valence-electron chi connectivity index (χ4n) is 1.87. The Balaban J connectivity index is 2.09. The molecule has 2 heterocycles. The SMILES string of the molecule is N#Cc1oc2ccccc2c1Oc1cc(NN)nc(N)n1. The summed E-state index contributed by atoms with van der Waals surface area (Å²) in [5.41, 5.74) is 8.46. The topological polar surface area (TPSA) is 136 Å². The van der Waals surface area contributed by atoms with E-state index in [0.29, 0.717) is 16.8 Å². The predicted molar refractivity (Wildman–Crippen MR) is 75.3 cm³/mol. The molecule has 5 N–H and O–H groups in total. The van der Waals surface area contributed by atoms with Gasteiger partial charge in [0.2, 0.25) is 17.6 Å². The number of nitrogens with one attached hydrogen (secondary N) is 1. The number of anilines is 2. The Kier molecular flexibility index (Phi) is 3.02. The lowest BCUT2D eigenvalue weighted by Gasteiger charge is -2.06. The molecular weight excluding hydrogens is 272 g/mol. The number of para-hydroxylation sites is 1. The van der Waals surface area contributed by atoms with Crippen molar-refractivity contribution in [2.45, 2.75) is 0 Å². The fraction of sp³-hybridized carbons (Fsp3) is 0. The van der Waals surface area contributed by atoms with Crippen molar-refractivity contribution in [3.05, 3.63) is 36.1 Å². The van der Waals surface area contributed by atoms with Crippen molar-refractivity contribution in [1.29, 1.82) is 5.26 Å². The van der Waals surface area contributed by atoms with Gasteiger partial charge in [-0.05, 0) is 12.1 Å². The van der Waals surface area contributed by atoms with E-state index in [4.69, 9.17) is 26.0 Å². The van der Waals surface area contributed by atoms with E-state index in [-0.39, 0.29) is 23.3 Å². The van der Waals surface area contributed by atoms with E-state index < -0.39 is 0 Å².